The molecule has 4 fully saturated rings. The van der Waals surface area contributed by atoms with Crippen molar-refractivity contribution in [1.82, 2.24) is 48.5 Å². The van der Waals surface area contributed by atoms with E-state index in [0.29, 0.717) is 25.0 Å². The summed E-state index contributed by atoms with van der Waals surface area (Å²) < 4.78 is 15.5. The van der Waals surface area contributed by atoms with Crippen LogP contribution in [-0.4, -0.2) is 113 Å². The maximum atomic E-state index is 13.0. The van der Waals surface area contributed by atoms with E-state index in [2.05, 4.69) is 42.6 Å². The molecule has 0 aliphatic carbocycles. The third-order valence-corrected chi connectivity index (χ3v) is 12.4. The number of ether oxygens (including phenoxy) is 2. The van der Waals surface area contributed by atoms with Gasteiger partial charge in [-0.25, -0.2) is 19.9 Å². The molecule has 4 aliphatic heterocycles. The summed E-state index contributed by atoms with van der Waals surface area (Å²) in [5, 5.41) is 0. The summed E-state index contributed by atoms with van der Waals surface area (Å²) in [6.07, 6.45) is 17.1. The Bertz CT molecular complexity index is 2100. The van der Waals surface area contributed by atoms with Crippen LogP contribution in [0.25, 0.3) is 33.4 Å². The average molecular weight is 735 g/mol. The minimum absolute atomic E-state index is 0.0189. The van der Waals surface area contributed by atoms with Gasteiger partial charge >= 0.3 is 0 Å². The molecule has 0 saturated carbocycles. The van der Waals surface area contributed by atoms with Crippen LogP contribution >= 0.6 is 0 Å². The maximum Gasteiger partial charge on any atom is 0.228 e. The van der Waals surface area contributed by atoms with E-state index in [9.17, 15) is 9.59 Å². The van der Waals surface area contributed by atoms with Crippen LogP contribution in [0.1, 0.15) is 75.9 Å². The van der Waals surface area contributed by atoms with Gasteiger partial charge in [-0.15, -0.1) is 0 Å². The van der Waals surface area contributed by atoms with Crippen LogP contribution in [0, 0.1) is 23.7 Å². The predicted octanol–water partition coefficient (Wildman–Crippen LogP) is 5.18. The zero-order valence-corrected chi connectivity index (χ0v) is 31.2. The molecule has 14 heteroatoms. The molecule has 6 aromatic rings. The van der Waals surface area contributed by atoms with Crippen molar-refractivity contribution in [1.29, 1.82) is 0 Å². The fourth-order valence-electron chi connectivity index (χ4n) is 9.12. The maximum absolute atomic E-state index is 13.0. The summed E-state index contributed by atoms with van der Waals surface area (Å²) in [6, 6.07) is 4.08. The molecule has 6 aromatic heterocycles. The van der Waals surface area contributed by atoms with Gasteiger partial charge in [0.05, 0.1) is 71.9 Å². The first-order valence-corrected chi connectivity index (χ1v) is 19.8. The Kier molecular flexibility index (Phi) is 9.56. The Balaban J connectivity index is 0.000000142. The lowest BCUT2D eigenvalue weighted by atomic mass is 9.85. The van der Waals surface area contributed by atoms with E-state index in [-0.39, 0.29) is 35.5 Å². The molecule has 0 unspecified atom stereocenters. The molecule has 284 valence electrons. The zero-order chi connectivity index (χ0) is 36.8. The number of carbonyl (C=O) groups excluding carboxylic acids is 2. The molecule has 0 spiro atoms. The van der Waals surface area contributed by atoms with E-state index < -0.39 is 0 Å². The molecule has 0 aromatic carbocycles. The molecular formula is C40H50N10O4. The number of carbonyl (C=O) groups is 2. The Hall–Kier alpha value is -4.82. The number of rotatable bonds is 4. The van der Waals surface area contributed by atoms with Crippen LogP contribution in [0.4, 0.5) is 0 Å². The van der Waals surface area contributed by atoms with Gasteiger partial charge in [0.25, 0.3) is 0 Å². The highest BCUT2D eigenvalue weighted by atomic mass is 16.5. The number of nitrogens with one attached hydrogen (secondary N) is 2. The van der Waals surface area contributed by atoms with Gasteiger partial charge in [0.2, 0.25) is 11.8 Å². The number of aromatic amines is 2. The first kappa shape index (κ1) is 34.9. The first-order valence-electron chi connectivity index (χ1n) is 19.8. The minimum Gasteiger partial charge on any atom is -0.381 e. The van der Waals surface area contributed by atoms with Crippen molar-refractivity contribution >= 4 is 45.2 Å². The third kappa shape index (κ3) is 6.42. The number of imidazole rings is 2. The Labute approximate surface area is 313 Å². The monoisotopic (exact) mass is 734 g/mol. The van der Waals surface area contributed by atoms with Crippen molar-refractivity contribution in [2.75, 3.05) is 52.6 Å². The number of hydrogen-bond acceptors (Lipinski definition) is 8. The van der Waals surface area contributed by atoms with Crippen molar-refractivity contribution in [2.24, 2.45) is 23.7 Å². The van der Waals surface area contributed by atoms with E-state index in [1.54, 1.807) is 0 Å². The van der Waals surface area contributed by atoms with E-state index in [1.165, 1.54) is 0 Å². The van der Waals surface area contributed by atoms with E-state index in [1.807, 2.05) is 59.1 Å². The SMILES string of the molecule is C[C@@H]1CCN(C(=O)[C@@H]2CCCOC2)C[C@@H]1c1ncc2cnc3[nH]ccc3n12.C[C@@H]1CCN(C(=O)[C@H]2CCCOC2)C[C@@H]1c1ncc2cnc3[nH]ccc3n12. The van der Waals surface area contributed by atoms with Crippen molar-refractivity contribution in [3.05, 3.63) is 61.0 Å². The molecule has 6 atom stereocenters. The van der Waals surface area contributed by atoms with E-state index in [4.69, 9.17) is 19.4 Å². The van der Waals surface area contributed by atoms with Gasteiger partial charge in [-0.1, -0.05) is 13.8 Å². The molecule has 0 radical (unpaired) electrons. The number of piperidine rings is 2. The van der Waals surface area contributed by atoms with Crippen LogP contribution in [0.3, 0.4) is 0 Å². The Morgan fingerprint density at radius 2 is 1.09 bits per heavy atom. The molecule has 10 heterocycles. The summed E-state index contributed by atoms with van der Waals surface area (Å²) in [4.78, 5) is 54.9. The van der Waals surface area contributed by atoms with E-state index >= 15 is 0 Å². The van der Waals surface area contributed by atoms with E-state index in [0.717, 1.165) is 123 Å². The molecule has 4 saturated heterocycles. The fraction of sp³-hybridized carbons (Fsp3) is 0.550. The predicted molar refractivity (Wildman–Crippen MR) is 203 cm³/mol. The number of H-pyrrole nitrogens is 2. The lowest BCUT2D eigenvalue weighted by Crippen LogP contribution is -2.46. The summed E-state index contributed by atoms with van der Waals surface area (Å²) in [5.74, 6) is 3.99. The van der Waals surface area contributed by atoms with Gasteiger partial charge < -0.3 is 29.2 Å². The minimum atomic E-state index is 0.0189. The second-order valence-corrected chi connectivity index (χ2v) is 15.8. The largest absolute Gasteiger partial charge is 0.381 e. The molecule has 2 amide bonds. The number of aromatic nitrogens is 8. The van der Waals surface area contributed by atoms with Crippen LogP contribution in [0.2, 0.25) is 0 Å². The normalized spacial score (nSPS) is 26.7. The first-order chi connectivity index (χ1) is 26.4. The average Bonchev–Trinajstić information content (AvgIpc) is 4.04. The van der Waals surface area contributed by atoms with Crippen molar-refractivity contribution in [3.63, 3.8) is 0 Å². The number of nitrogens with zero attached hydrogens (tertiary/aromatic N) is 8. The van der Waals surface area contributed by atoms with Crippen LogP contribution in [0.15, 0.2) is 49.3 Å². The molecule has 0 bridgehead atoms. The highest BCUT2D eigenvalue weighted by molar-refractivity contribution is 5.80. The smallest absolute Gasteiger partial charge is 0.228 e. The van der Waals surface area contributed by atoms with Gasteiger partial charge in [0.1, 0.15) is 11.6 Å². The molecule has 14 nitrogen and oxygen atoms in total. The van der Waals surface area contributed by atoms with Gasteiger partial charge in [0.15, 0.2) is 11.3 Å². The highest BCUT2D eigenvalue weighted by Crippen LogP contribution is 2.36. The molecule has 2 N–H and O–H groups in total. The number of likely N-dealkylation sites (tertiary alicyclic amines) is 2. The summed E-state index contributed by atoms with van der Waals surface area (Å²) >= 11 is 0. The molecular weight excluding hydrogens is 685 g/mol. The van der Waals surface area contributed by atoms with Gasteiger partial charge in [0, 0.05) is 63.6 Å². The Morgan fingerprint density at radius 1 is 0.648 bits per heavy atom. The lowest BCUT2D eigenvalue weighted by molar-refractivity contribution is -0.142. The zero-order valence-electron chi connectivity index (χ0n) is 31.2. The van der Waals surface area contributed by atoms with Crippen molar-refractivity contribution < 1.29 is 19.1 Å². The molecule has 54 heavy (non-hydrogen) atoms. The van der Waals surface area contributed by atoms with Crippen LogP contribution < -0.4 is 0 Å². The summed E-state index contributed by atoms with van der Waals surface area (Å²) in [6.45, 7) is 10.4. The van der Waals surface area contributed by atoms with Gasteiger partial charge in [-0.2, -0.15) is 0 Å². The number of amides is 2. The summed E-state index contributed by atoms with van der Waals surface area (Å²) in [7, 11) is 0. The number of fused-ring (bicyclic) bond motifs is 6. The fourth-order valence-corrected chi connectivity index (χ4v) is 9.12. The standard InChI is InChI=1S/2C20H25N5O2/c2*1-13-5-7-24(20(26)14-3-2-8-27-12-14)11-16(13)19-23-10-15-9-22-18-17(25(15)19)4-6-21-18/h2*4,6,9-10,13-14,16,21H,2-3,5,7-8,11-12H2,1H3/t13-,14+,16+;13-,14-,16+/m11/s1. The second kappa shape index (κ2) is 14.8. The quantitative estimate of drug-likeness (QED) is 0.252. The topological polar surface area (TPSA) is 151 Å². The summed E-state index contributed by atoms with van der Waals surface area (Å²) in [5.41, 5.74) is 5.78. The van der Waals surface area contributed by atoms with Crippen molar-refractivity contribution in [2.45, 2.75) is 64.2 Å². The van der Waals surface area contributed by atoms with Crippen LogP contribution in [-0.2, 0) is 19.1 Å². The highest BCUT2D eigenvalue weighted by Gasteiger charge is 2.37. The third-order valence-electron chi connectivity index (χ3n) is 12.4. The van der Waals surface area contributed by atoms with Crippen molar-refractivity contribution in [3.8, 4) is 0 Å². The number of hydrogen-bond donors (Lipinski definition) is 2. The molecule has 10 rings (SSSR count). The van der Waals surface area contributed by atoms with Gasteiger partial charge in [-0.3, -0.25) is 18.4 Å². The Morgan fingerprint density at radius 3 is 1.52 bits per heavy atom. The second-order valence-electron chi connectivity index (χ2n) is 15.8. The van der Waals surface area contributed by atoms with Gasteiger partial charge in [-0.05, 0) is 62.5 Å². The lowest BCUT2D eigenvalue weighted by Gasteiger charge is -2.38. The molecule has 4 aliphatic rings. The van der Waals surface area contributed by atoms with Crippen LogP contribution in [0.5, 0.6) is 0 Å².